The first kappa shape index (κ1) is 14.7. The summed E-state index contributed by atoms with van der Waals surface area (Å²) in [5, 5.41) is 0. The third-order valence-electron chi connectivity index (χ3n) is 4.73. The zero-order valence-electron chi connectivity index (χ0n) is 12.0. The Morgan fingerprint density at radius 2 is 2.25 bits per heavy atom. The van der Waals surface area contributed by atoms with E-state index in [0.717, 1.165) is 12.0 Å². The van der Waals surface area contributed by atoms with Crippen molar-refractivity contribution >= 4 is 13.8 Å². The van der Waals surface area contributed by atoms with Crippen LogP contribution >= 0.6 is 0 Å². The van der Waals surface area contributed by atoms with Crippen molar-refractivity contribution in [2.75, 3.05) is 0 Å². The number of carbonyl (C=O) groups is 1. The Hall–Kier alpha value is -0.181. The average molecular weight is 347 g/mol. The number of benzene rings is 1. The number of esters is 1. The maximum absolute atomic E-state index is 12.5. The predicted molar refractivity (Wildman–Crippen MR) is 74.7 cm³/mol. The van der Waals surface area contributed by atoms with Gasteiger partial charge in [-0.25, -0.2) is 0 Å². The quantitative estimate of drug-likeness (QED) is 0.616. The Bertz CT molecular complexity index is 495. The predicted octanol–water partition coefficient (Wildman–Crippen LogP) is 1.79. The molecule has 2 heterocycles. The zero-order valence-corrected chi connectivity index (χ0v) is 14.9. The molecule has 1 aromatic carbocycles. The van der Waals surface area contributed by atoms with Gasteiger partial charge in [-0.15, -0.1) is 0 Å². The molecule has 0 radical (unpaired) electrons. The first-order valence-electron chi connectivity index (χ1n) is 7.38. The molecule has 1 aromatic rings. The van der Waals surface area contributed by atoms with E-state index in [4.69, 9.17) is 9.47 Å². The zero-order chi connectivity index (χ0) is 14.2. The number of hydrogen-bond acceptors (Lipinski definition) is 3. The van der Waals surface area contributed by atoms with Crippen LogP contribution < -0.4 is 0 Å². The first-order valence-corrected chi connectivity index (χ1v) is 11.0. The van der Waals surface area contributed by atoms with Crippen molar-refractivity contribution in [2.24, 2.45) is 5.92 Å². The number of ether oxygens (including phenoxy) is 2. The van der Waals surface area contributed by atoms with E-state index in [9.17, 15) is 4.79 Å². The fourth-order valence-corrected chi connectivity index (χ4v) is 9.89. The summed E-state index contributed by atoms with van der Waals surface area (Å²) in [6, 6.07) is 10.1. The maximum atomic E-state index is 12.5. The molecule has 2 bridgehead atoms. The molecule has 0 aliphatic carbocycles. The summed E-state index contributed by atoms with van der Waals surface area (Å²) in [5.41, 5.74) is 0.867. The molecule has 0 aromatic heterocycles. The molecule has 0 spiro atoms. The second kappa shape index (κ2) is 5.90. The second-order valence-electron chi connectivity index (χ2n) is 5.83. The third-order valence-corrected chi connectivity index (χ3v) is 10.6. The van der Waals surface area contributed by atoms with Gasteiger partial charge < -0.3 is 0 Å². The van der Waals surface area contributed by atoms with Gasteiger partial charge in [0, 0.05) is 0 Å². The Balaban J connectivity index is 1.68. The van der Waals surface area contributed by atoms with Crippen molar-refractivity contribution in [1.29, 1.82) is 0 Å². The summed E-state index contributed by atoms with van der Waals surface area (Å²) >= 11 is -0.678. The van der Waals surface area contributed by atoms with Gasteiger partial charge in [-0.3, -0.25) is 0 Å². The van der Waals surface area contributed by atoms with Crippen LogP contribution in [0.3, 0.4) is 0 Å². The van der Waals surface area contributed by atoms with Gasteiger partial charge in [-0.2, -0.15) is 0 Å². The number of carbonyl (C=O) groups excluding carboxylic acids is 1. The molecule has 3 nitrogen and oxygen atoms in total. The molecule has 2 aliphatic rings. The summed E-state index contributed by atoms with van der Waals surface area (Å²) in [6.07, 6.45) is 0.935. The molecule has 2 aliphatic heterocycles. The Labute approximate surface area is 136 Å². The fraction of sp³-hybridized carbons (Fsp3) is 0.533. The van der Waals surface area contributed by atoms with Gasteiger partial charge in [0.15, 0.2) is 0 Å². The third kappa shape index (κ3) is 2.51. The molecule has 2 fully saturated rings. The van der Waals surface area contributed by atoms with E-state index in [1.165, 1.54) is 3.23 Å². The second-order valence-corrected chi connectivity index (χ2v) is 9.88. The molecule has 1 unspecified atom stereocenters. The molecule has 0 N–H and O–H groups in total. The van der Waals surface area contributed by atoms with E-state index in [0.29, 0.717) is 9.34 Å². The summed E-state index contributed by atoms with van der Waals surface area (Å²) in [5.74, 6) is -0.0266. The number of fused-ring (bicyclic) bond motifs is 2. The Kier molecular flexibility index (Phi) is 4.35. The van der Waals surface area contributed by atoms with Crippen LogP contribution in [0.5, 0.6) is 0 Å². The normalized spacial score (nSPS) is 34.4. The summed E-state index contributed by atoms with van der Waals surface area (Å²) < 4.78 is 13.4. The van der Waals surface area contributed by atoms with E-state index in [1.807, 2.05) is 30.3 Å². The van der Waals surface area contributed by atoms with E-state index >= 15 is 0 Å². The first-order chi connectivity index (χ1) is 9.66. The summed E-state index contributed by atoms with van der Waals surface area (Å²) in [6.45, 7) is 2.52. The average Bonchev–Trinajstić information content (AvgIpc) is 2.98. The van der Waals surface area contributed by atoms with Crippen LogP contribution in [-0.2, 0) is 50.1 Å². The molecule has 2 saturated heterocycles. The topological polar surface area (TPSA) is 35.5 Å². The fourth-order valence-electron chi connectivity index (χ4n) is 3.62. The molecule has 0 amide bonds. The summed E-state index contributed by atoms with van der Waals surface area (Å²) in [7, 11) is 2.13. The Morgan fingerprint density at radius 3 is 2.90 bits per heavy atom. The molecule has 5 heteroatoms. The minimum absolute atomic E-state index is 0.00686. The van der Waals surface area contributed by atoms with Crippen LogP contribution in [0.2, 0.25) is 5.96 Å². The van der Waals surface area contributed by atoms with Crippen molar-refractivity contribution in [2.45, 2.75) is 37.5 Å². The SMILES string of the molecule is B[C@@H]1OC2(CC)[CH2][Y][C@@H]1[C@H]2C(=O)OCc1ccccc1. The van der Waals surface area contributed by atoms with Gasteiger partial charge in [-0.05, 0) is 0 Å². The van der Waals surface area contributed by atoms with Gasteiger partial charge in [0.1, 0.15) is 0 Å². The van der Waals surface area contributed by atoms with Crippen molar-refractivity contribution in [3.8, 4) is 0 Å². The monoisotopic (exact) mass is 347 g/mol. The van der Waals surface area contributed by atoms with Gasteiger partial charge in [0.2, 0.25) is 0 Å². The van der Waals surface area contributed by atoms with Crippen LogP contribution in [0.15, 0.2) is 30.3 Å². The van der Waals surface area contributed by atoms with E-state index in [1.54, 1.807) is 0 Å². The van der Waals surface area contributed by atoms with Crippen LogP contribution in [0.1, 0.15) is 18.9 Å². The van der Waals surface area contributed by atoms with Crippen LogP contribution in [-0.4, -0.2) is 25.4 Å². The van der Waals surface area contributed by atoms with Gasteiger partial charge in [0.05, 0.1) is 0 Å². The molecule has 20 heavy (non-hydrogen) atoms. The van der Waals surface area contributed by atoms with Crippen molar-refractivity contribution in [3.05, 3.63) is 35.9 Å². The number of hydrogen-bond donors (Lipinski definition) is 0. The molecule has 4 atom stereocenters. The van der Waals surface area contributed by atoms with Gasteiger partial charge in [0.25, 0.3) is 0 Å². The minimum atomic E-state index is -0.678. The molecule has 103 valence electrons. The standard InChI is InChI=1S/C15H19BO3.Y/c1-3-15(2)12(9-13(16)19-15)14(17)18-10-11-7-5-4-6-8-11;/h4-9,12-13H,2-3,10,16H2,1H3;/t12-,13+,15?;/m0./s1. The van der Waals surface area contributed by atoms with Crippen LogP contribution in [0.4, 0.5) is 0 Å². The molecular formula is C15H19BO3Y. The van der Waals surface area contributed by atoms with Crippen LogP contribution in [0, 0.1) is 5.92 Å². The van der Waals surface area contributed by atoms with Gasteiger partial charge in [-0.1, -0.05) is 0 Å². The van der Waals surface area contributed by atoms with Crippen molar-refractivity contribution in [3.63, 3.8) is 0 Å². The van der Waals surface area contributed by atoms with Crippen molar-refractivity contribution < 1.29 is 43.5 Å². The number of rotatable bonds is 4. The van der Waals surface area contributed by atoms with E-state index in [-0.39, 0.29) is 23.5 Å². The van der Waals surface area contributed by atoms with E-state index in [2.05, 4.69) is 14.8 Å². The Morgan fingerprint density at radius 1 is 1.50 bits per heavy atom. The molecule has 0 saturated carbocycles. The molecular weight excluding hydrogens is 328 g/mol. The van der Waals surface area contributed by atoms with E-state index < -0.39 is 29.2 Å². The summed E-state index contributed by atoms with van der Waals surface area (Å²) in [4.78, 5) is 12.5. The van der Waals surface area contributed by atoms with Crippen LogP contribution in [0.25, 0.3) is 0 Å². The molecule has 3 rings (SSSR count). The van der Waals surface area contributed by atoms with Crippen molar-refractivity contribution in [1.82, 2.24) is 0 Å². The van der Waals surface area contributed by atoms with Gasteiger partial charge >= 0.3 is 137 Å².